The molecule has 1 atom stereocenters. The van der Waals surface area contributed by atoms with Crippen LogP contribution in [0.3, 0.4) is 0 Å². The van der Waals surface area contributed by atoms with Gasteiger partial charge in [0.25, 0.3) is 0 Å². The highest BCUT2D eigenvalue weighted by molar-refractivity contribution is 7.99. The van der Waals surface area contributed by atoms with Crippen LogP contribution in [0.4, 0.5) is 5.69 Å². The smallest absolute Gasteiger partial charge is 0.124 e. The number of hydrogen-bond donors (Lipinski definition) is 2. The third-order valence-corrected chi connectivity index (χ3v) is 4.47. The van der Waals surface area contributed by atoms with Crippen molar-refractivity contribution in [1.29, 1.82) is 5.41 Å². The number of thioether (sulfide) groups is 1. The molecule has 0 spiro atoms. The zero-order valence-corrected chi connectivity index (χ0v) is 11.6. The second-order valence-corrected chi connectivity index (χ2v) is 5.57. The summed E-state index contributed by atoms with van der Waals surface area (Å²) >= 11 is 1.97. The third-order valence-electron chi connectivity index (χ3n) is 3.33. The van der Waals surface area contributed by atoms with E-state index < -0.39 is 0 Å². The summed E-state index contributed by atoms with van der Waals surface area (Å²) in [5, 5.41) is 7.67. The molecule has 0 aromatic heterocycles. The Morgan fingerprint density at radius 1 is 1.56 bits per heavy atom. The Labute approximate surface area is 112 Å². The highest BCUT2D eigenvalue weighted by Gasteiger charge is 2.23. The zero-order valence-electron chi connectivity index (χ0n) is 10.8. The molecule has 0 amide bonds. The maximum atomic E-state index is 7.67. The Kier molecular flexibility index (Phi) is 4.01. The number of rotatable bonds is 4. The lowest BCUT2D eigenvalue weighted by molar-refractivity contribution is 0.414. The van der Waals surface area contributed by atoms with E-state index in [4.69, 9.17) is 15.9 Å². The minimum Gasteiger partial charge on any atom is -0.497 e. The molecule has 1 aromatic carbocycles. The van der Waals surface area contributed by atoms with Crippen LogP contribution in [0, 0.1) is 5.41 Å². The van der Waals surface area contributed by atoms with E-state index in [1.54, 1.807) is 7.11 Å². The van der Waals surface area contributed by atoms with Gasteiger partial charge in [0.1, 0.15) is 11.6 Å². The molecule has 1 aliphatic heterocycles. The van der Waals surface area contributed by atoms with Crippen molar-refractivity contribution in [1.82, 2.24) is 0 Å². The van der Waals surface area contributed by atoms with Gasteiger partial charge < -0.3 is 15.4 Å². The maximum Gasteiger partial charge on any atom is 0.124 e. The number of amidine groups is 1. The Morgan fingerprint density at radius 3 is 2.89 bits per heavy atom. The van der Waals surface area contributed by atoms with E-state index in [-0.39, 0.29) is 5.84 Å². The molecule has 0 bridgehead atoms. The lowest BCUT2D eigenvalue weighted by atomic mass is 10.1. The molecule has 1 aliphatic rings. The van der Waals surface area contributed by atoms with Crippen molar-refractivity contribution in [3.63, 3.8) is 0 Å². The molecule has 2 rings (SSSR count). The quantitative estimate of drug-likeness (QED) is 0.645. The van der Waals surface area contributed by atoms with E-state index in [1.807, 2.05) is 30.0 Å². The lowest BCUT2D eigenvalue weighted by Gasteiger charge is -2.28. The molecule has 3 N–H and O–H groups in total. The Hall–Kier alpha value is -1.36. The standard InChI is InChI=1S/C13H19N3OS/c1-16(9-5-6-18-8-9)12-7-10(17-2)3-4-11(12)13(14)15/h3-4,7,9H,5-6,8H2,1-2H3,(H3,14,15). The van der Waals surface area contributed by atoms with Gasteiger partial charge in [0, 0.05) is 30.5 Å². The van der Waals surface area contributed by atoms with Crippen LogP contribution in [0.1, 0.15) is 12.0 Å². The lowest BCUT2D eigenvalue weighted by Crippen LogP contribution is -2.33. The first-order chi connectivity index (χ1) is 8.63. The van der Waals surface area contributed by atoms with Crippen molar-refractivity contribution in [2.24, 2.45) is 5.73 Å². The fraction of sp³-hybridized carbons (Fsp3) is 0.462. The van der Waals surface area contributed by atoms with Gasteiger partial charge in [0.15, 0.2) is 0 Å². The Balaban J connectivity index is 2.35. The molecule has 1 saturated heterocycles. The van der Waals surface area contributed by atoms with Gasteiger partial charge in [-0.2, -0.15) is 11.8 Å². The summed E-state index contributed by atoms with van der Waals surface area (Å²) in [5.41, 5.74) is 7.41. The molecule has 0 saturated carbocycles. The summed E-state index contributed by atoms with van der Waals surface area (Å²) in [5.74, 6) is 3.23. The van der Waals surface area contributed by atoms with Crippen LogP contribution in [0.25, 0.3) is 0 Å². The van der Waals surface area contributed by atoms with Gasteiger partial charge in [0.05, 0.1) is 12.8 Å². The van der Waals surface area contributed by atoms with Gasteiger partial charge in [-0.05, 0) is 24.3 Å². The molecule has 4 nitrogen and oxygen atoms in total. The first kappa shape index (κ1) is 13.1. The van der Waals surface area contributed by atoms with Crippen LogP contribution >= 0.6 is 11.8 Å². The van der Waals surface area contributed by atoms with E-state index in [0.717, 1.165) is 22.8 Å². The van der Waals surface area contributed by atoms with Crippen LogP contribution < -0.4 is 15.4 Å². The molecule has 1 fully saturated rings. The number of nitrogens with one attached hydrogen (secondary N) is 1. The van der Waals surface area contributed by atoms with Gasteiger partial charge in [-0.3, -0.25) is 5.41 Å². The number of anilines is 1. The van der Waals surface area contributed by atoms with E-state index in [2.05, 4.69) is 11.9 Å². The average Bonchev–Trinajstić information content (AvgIpc) is 2.90. The molecule has 5 heteroatoms. The van der Waals surface area contributed by atoms with Gasteiger partial charge in [-0.25, -0.2) is 0 Å². The van der Waals surface area contributed by atoms with Crippen molar-refractivity contribution in [3.8, 4) is 5.75 Å². The first-order valence-corrected chi connectivity index (χ1v) is 7.12. The number of ether oxygens (including phenoxy) is 1. The largest absolute Gasteiger partial charge is 0.497 e. The fourth-order valence-electron chi connectivity index (χ4n) is 2.18. The van der Waals surface area contributed by atoms with E-state index >= 15 is 0 Å². The summed E-state index contributed by atoms with van der Waals surface area (Å²) in [7, 11) is 3.72. The van der Waals surface area contributed by atoms with Gasteiger partial charge in [-0.15, -0.1) is 0 Å². The topological polar surface area (TPSA) is 62.3 Å². The van der Waals surface area contributed by atoms with Crippen molar-refractivity contribution >= 4 is 23.3 Å². The molecular weight excluding hydrogens is 246 g/mol. The monoisotopic (exact) mass is 265 g/mol. The second kappa shape index (κ2) is 5.52. The maximum absolute atomic E-state index is 7.67. The normalized spacial score (nSPS) is 18.7. The molecule has 1 heterocycles. The van der Waals surface area contributed by atoms with Crippen LogP contribution in [0.5, 0.6) is 5.75 Å². The van der Waals surface area contributed by atoms with Crippen LogP contribution in [0.2, 0.25) is 0 Å². The summed E-state index contributed by atoms with van der Waals surface area (Å²) in [6.07, 6.45) is 1.18. The number of nitrogen functional groups attached to an aromatic ring is 1. The summed E-state index contributed by atoms with van der Waals surface area (Å²) in [4.78, 5) is 2.22. The van der Waals surface area contributed by atoms with E-state index in [1.165, 1.54) is 12.2 Å². The van der Waals surface area contributed by atoms with Gasteiger partial charge in [-0.1, -0.05) is 0 Å². The van der Waals surface area contributed by atoms with E-state index in [0.29, 0.717) is 6.04 Å². The number of nitrogens with zero attached hydrogens (tertiary/aromatic N) is 1. The highest BCUT2D eigenvalue weighted by Crippen LogP contribution is 2.30. The Morgan fingerprint density at radius 2 is 2.33 bits per heavy atom. The summed E-state index contributed by atoms with van der Waals surface area (Å²) < 4.78 is 5.26. The van der Waals surface area contributed by atoms with Gasteiger partial charge in [0.2, 0.25) is 0 Å². The minimum absolute atomic E-state index is 0.102. The first-order valence-electron chi connectivity index (χ1n) is 5.96. The average molecular weight is 265 g/mol. The van der Waals surface area contributed by atoms with E-state index in [9.17, 15) is 0 Å². The number of methoxy groups -OCH3 is 1. The molecule has 1 unspecified atom stereocenters. The van der Waals surface area contributed by atoms with Crippen molar-refractivity contribution in [2.45, 2.75) is 12.5 Å². The van der Waals surface area contributed by atoms with Crippen molar-refractivity contribution < 1.29 is 4.74 Å². The van der Waals surface area contributed by atoms with Crippen molar-refractivity contribution in [2.75, 3.05) is 30.6 Å². The second-order valence-electron chi connectivity index (χ2n) is 4.43. The SMILES string of the molecule is COc1ccc(C(=N)N)c(N(C)C2CCSC2)c1. The van der Waals surface area contributed by atoms with Crippen molar-refractivity contribution in [3.05, 3.63) is 23.8 Å². The minimum atomic E-state index is 0.102. The fourth-order valence-corrected chi connectivity index (χ4v) is 3.45. The molecule has 1 aromatic rings. The molecule has 98 valence electrons. The molecule has 0 aliphatic carbocycles. The van der Waals surface area contributed by atoms with Crippen LogP contribution in [-0.2, 0) is 0 Å². The summed E-state index contributed by atoms with van der Waals surface area (Å²) in [6.45, 7) is 0. The molecule has 18 heavy (non-hydrogen) atoms. The summed E-state index contributed by atoms with van der Waals surface area (Å²) in [6, 6.07) is 6.17. The Bertz CT molecular complexity index is 444. The molecular formula is C13H19N3OS. The predicted molar refractivity (Wildman–Crippen MR) is 78.1 cm³/mol. The number of hydrogen-bond acceptors (Lipinski definition) is 4. The van der Waals surface area contributed by atoms with Crippen LogP contribution in [0.15, 0.2) is 18.2 Å². The van der Waals surface area contributed by atoms with Gasteiger partial charge >= 0.3 is 0 Å². The highest BCUT2D eigenvalue weighted by atomic mass is 32.2. The molecule has 0 radical (unpaired) electrons. The van der Waals surface area contributed by atoms with Crippen LogP contribution in [-0.4, -0.2) is 37.5 Å². The predicted octanol–water partition coefficient (Wildman–Crippen LogP) is 1.92. The third kappa shape index (κ3) is 2.56. The zero-order chi connectivity index (χ0) is 13.1. The number of benzene rings is 1. The number of nitrogens with two attached hydrogens (primary N) is 1.